The van der Waals surface area contributed by atoms with Gasteiger partial charge in [-0.2, -0.15) is 0 Å². The summed E-state index contributed by atoms with van der Waals surface area (Å²) in [5.74, 6) is -1.24. The maximum Gasteiger partial charge on any atom is 0.332 e. The molecule has 0 aliphatic heterocycles. The number of carbonyl (C=O) groups excluding carboxylic acids is 2. The first-order chi connectivity index (χ1) is 11.3. The lowest BCUT2D eigenvalue weighted by atomic mass is 9.54. The van der Waals surface area contributed by atoms with Crippen LogP contribution in [0.15, 0.2) is 24.3 Å². The number of rotatable bonds is 6. The van der Waals surface area contributed by atoms with Crippen LogP contribution in [0, 0.1) is 11.2 Å². The number of halogens is 1. The van der Waals surface area contributed by atoms with Crippen LogP contribution in [-0.2, 0) is 25.5 Å². The Kier molecular flexibility index (Phi) is 5.28. The predicted octanol–water partition coefficient (Wildman–Crippen LogP) is 2.23. The van der Waals surface area contributed by atoms with Crippen molar-refractivity contribution in [3.63, 3.8) is 0 Å². The molecule has 24 heavy (non-hydrogen) atoms. The molecule has 0 bridgehead atoms. The van der Waals surface area contributed by atoms with Crippen LogP contribution in [0.4, 0.5) is 4.39 Å². The topological polar surface area (TPSA) is 64.6 Å². The van der Waals surface area contributed by atoms with Crippen LogP contribution in [0.25, 0.3) is 0 Å². The fourth-order valence-corrected chi connectivity index (χ4v) is 3.31. The van der Waals surface area contributed by atoms with E-state index in [1.54, 1.807) is 12.1 Å². The number of methoxy groups -OCH3 is 1. The van der Waals surface area contributed by atoms with E-state index in [0.29, 0.717) is 18.6 Å². The van der Waals surface area contributed by atoms with Crippen molar-refractivity contribution in [3.8, 4) is 0 Å². The summed E-state index contributed by atoms with van der Waals surface area (Å²) in [6.07, 6.45) is 0.206. The van der Waals surface area contributed by atoms with Crippen molar-refractivity contribution in [2.24, 2.45) is 5.41 Å². The fourth-order valence-electron chi connectivity index (χ4n) is 3.31. The molecule has 5 nitrogen and oxygen atoms in total. The van der Waals surface area contributed by atoms with E-state index in [-0.39, 0.29) is 18.4 Å². The summed E-state index contributed by atoms with van der Waals surface area (Å²) < 4.78 is 23.8. The molecule has 1 aliphatic carbocycles. The van der Waals surface area contributed by atoms with Gasteiger partial charge in [0.15, 0.2) is 0 Å². The zero-order valence-corrected chi connectivity index (χ0v) is 14.5. The van der Waals surface area contributed by atoms with Gasteiger partial charge in [-0.1, -0.05) is 26.0 Å². The average Bonchev–Trinajstić information content (AvgIpc) is 2.52. The summed E-state index contributed by atoms with van der Waals surface area (Å²) in [6.45, 7) is 6.16. The third kappa shape index (κ3) is 3.15. The van der Waals surface area contributed by atoms with Crippen molar-refractivity contribution < 1.29 is 23.5 Å². The van der Waals surface area contributed by atoms with Gasteiger partial charge in [0.1, 0.15) is 11.4 Å². The zero-order valence-electron chi connectivity index (χ0n) is 14.5. The second kappa shape index (κ2) is 6.89. The van der Waals surface area contributed by atoms with Crippen LogP contribution in [0.5, 0.6) is 0 Å². The number of carbonyl (C=O) groups is 2. The van der Waals surface area contributed by atoms with Crippen LogP contribution in [0.3, 0.4) is 0 Å². The molecular formula is C18H24FNO4. The van der Waals surface area contributed by atoms with Crippen LogP contribution in [0.1, 0.15) is 32.8 Å². The highest BCUT2D eigenvalue weighted by atomic mass is 19.1. The number of hydrogen-bond donors (Lipinski definition) is 1. The minimum absolute atomic E-state index is 0.00805. The van der Waals surface area contributed by atoms with Gasteiger partial charge in [0.2, 0.25) is 5.91 Å². The van der Waals surface area contributed by atoms with Gasteiger partial charge in [-0.05, 0) is 24.6 Å². The van der Waals surface area contributed by atoms with E-state index in [1.165, 1.54) is 19.2 Å². The minimum atomic E-state index is -1.13. The first kappa shape index (κ1) is 18.4. The molecule has 1 saturated carbocycles. The van der Waals surface area contributed by atoms with Gasteiger partial charge in [0.05, 0.1) is 19.6 Å². The predicted molar refractivity (Wildman–Crippen MR) is 86.8 cm³/mol. The lowest BCUT2D eigenvalue weighted by Gasteiger charge is -2.58. The molecule has 6 heteroatoms. The van der Waals surface area contributed by atoms with E-state index >= 15 is 0 Å². The molecule has 2 atom stereocenters. The van der Waals surface area contributed by atoms with Crippen LogP contribution in [0.2, 0.25) is 0 Å². The second-order valence-electron chi connectivity index (χ2n) is 6.62. The standard InChI is InChI=1S/C18H24FNO4/c1-5-24-14-11-18(16(22)23-4,17(14,2)3)20-15(21)10-12-7-6-8-13(19)9-12/h6-9,14H,5,10-11H2,1-4H3,(H,20,21)/t14-,18+/m1/s1. The minimum Gasteiger partial charge on any atom is -0.467 e. The zero-order chi connectivity index (χ0) is 18.0. The quantitative estimate of drug-likeness (QED) is 0.809. The third-order valence-corrected chi connectivity index (χ3v) is 4.90. The molecule has 1 aromatic carbocycles. The molecule has 0 spiro atoms. The molecule has 1 aliphatic rings. The second-order valence-corrected chi connectivity index (χ2v) is 6.62. The molecule has 0 radical (unpaired) electrons. The summed E-state index contributed by atoms with van der Waals surface area (Å²) in [6, 6.07) is 5.84. The Morgan fingerprint density at radius 3 is 2.62 bits per heavy atom. The molecule has 0 aromatic heterocycles. The van der Waals surface area contributed by atoms with Crippen molar-refractivity contribution in [1.29, 1.82) is 0 Å². The molecule has 132 valence electrons. The van der Waals surface area contributed by atoms with E-state index < -0.39 is 22.7 Å². The molecule has 1 aromatic rings. The van der Waals surface area contributed by atoms with Crippen molar-refractivity contribution in [2.45, 2.75) is 45.3 Å². The van der Waals surface area contributed by atoms with Gasteiger partial charge in [0.25, 0.3) is 0 Å². The smallest absolute Gasteiger partial charge is 0.332 e. The van der Waals surface area contributed by atoms with Crippen LogP contribution >= 0.6 is 0 Å². The fraction of sp³-hybridized carbons (Fsp3) is 0.556. The summed E-state index contributed by atoms with van der Waals surface area (Å²) in [5, 5.41) is 2.81. The average molecular weight is 337 g/mol. The normalized spacial score (nSPS) is 24.8. The Morgan fingerprint density at radius 2 is 2.08 bits per heavy atom. The van der Waals surface area contributed by atoms with Gasteiger partial charge in [0, 0.05) is 18.4 Å². The summed E-state index contributed by atoms with van der Waals surface area (Å²) in [7, 11) is 1.30. The molecular weight excluding hydrogens is 313 g/mol. The lowest BCUT2D eigenvalue weighted by molar-refractivity contribution is -0.197. The Hall–Kier alpha value is -1.95. The molecule has 1 fully saturated rings. The van der Waals surface area contributed by atoms with Crippen molar-refractivity contribution in [3.05, 3.63) is 35.6 Å². The molecule has 2 rings (SSSR count). The maximum absolute atomic E-state index is 13.3. The summed E-state index contributed by atoms with van der Waals surface area (Å²) >= 11 is 0. The highest BCUT2D eigenvalue weighted by Crippen LogP contribution is 2.52. The highest BCUT2D eigenvalue weighted by molar-refractivity contribution is 5.91. The first-order valence-electron chi connectivity index (χ1n) is 8.02. The van der Waals surface area contributed by atoms with Gasteiger partial charge < -0.3 is 14.8 Å². The molecule has 1 N–H and O–H groups in total. The van der Waals surface area contributed by atoms with E-state index in [1.807, 2.05) is 20.8 Å². The van der Waals surface area contributed by atoms with Crippen molar-refractivity contribution >= 4 is 11.9 Å². The lowest BCUT2D eigenvalue weighted by Crippen LogP contribution is -2.76. The van der Waals surface area contributed by atoms with Gasteiger partial charge in [-0.25, -0.2) is 9.18 Å². The van der Waals surface area contributed by atoms with Crippen LogP contribution < -0.4 is 5.32 Å². The highest BCUT2D eigenvalue weighted by Gasteiger charge is 2.66. The van der Waals surface area contributed by atoms with Gasteiger partial charge >= 0.3 is 5.97 Å². The number of benzene rings is 1. The van der Waals surface area contributed by atoms with E-state index in [0.717, 1.165) is 0 Å². The largest absolute Gasteiger partial charge is 0.467 e. The molecule has 0 unspecified atom stereocenters. The summed E-state index contributed by atoms with van der Waals surface area (Å²) in [4.78, 5) is 24.8. The van der Waals surface area contributed by atoms with E-state index in [2.05, 4.69) is 5.32 Å². The Labute approximate surface area is 141 Å². The molecule has 0 heterocycles. The molecule has 0 saturated heterocycles. The number of esters is 1. The van der Waals surface area contributed by atoms with Gasteiger partial charge in [-0.15, -0.1) is 0 Å². The summed E-state index contributed by atoms with van der Waals surface area (Å²) in [5.41, 5.74) is -1.19. The Bertz CT molecular complexity index is 631. The third-order valence-electron chi connectivity index (χ3n) is 4.90. The maximum atomic E-state index is 13.3. The first-order valence-corrected chi connectivity index (χ1v) is 8.02. The Balaban J connectivity index is 2.16. The molecule has 1 amide bonds. The van der Waals surface area contributed by atoms with Crippen molar-refractivity contribution in [2.75, 3.05) is 13.7 Å². The van der Waals surface area contributed by atoms with Gasteiger partial charge in [-0.3, -0.25) is 4.79 Å². The Morgan fingerprint density at radius 1 is 1.38 bits per heavy atom. The van der Waals surface area contributed by atoms with Crippen LogP contribution in [-0.4, -0.2) is 37.2 Å². The monoisotopic (exact) mass is 337 g/mol. The number of nitrogens with one attached hydrogen (secondary N) is 1. The number of amides is 1. The van der Waals surface area contributed by atoms with E-state index in [4.69, 9.17) is 9.47 Å². The number of ether oxygens (including phenoxy) is 2. The van der Waals surface area contributed by atoms with E-state index in [9.17, 15) is 14.0 Å². The van der Waals surface area contributed by atoms with Crippen molar-refractivity contribution in [1.82, 2.24) is 5.32 Å². The number of hydrogen-bond acceptors (Lipinski definition) is 4. The SMILES string of the molecule is CCO[C@@H]1C[C@](NC(=O)Cc2cccc(F)c2)(C(=O)OC)C1(C)C.